The fraction of sp³-hybridized carbons (Fsp3) is 0.364. The largest absolute Gasteiger partial charge is 0.385 e. The maximum Gasteiger partial charge on any atom is 0.271 e. The van der Waals surface area contributed by atoms with Crippen molar-refractivity contribution in [3.05, 3.63) is 23.1 Å². The van der Waals surface area contributed by atoms with Crippen LogP contribution in [-0.4, -0.2) is 39.8 Å². The Morgan fingerprint density at radius 3 is 3.00 bits per heavy atom. The fourth-order valence-corrected chi connectivity index (χ4v) is 2.02. The molecule has 2 aromatic rings. The Morgan fingerprint density at radius 2 is 2.37 bits per heavy atom. The first kappa shape index (κ1) is 12.2. The Kier molecular flexibility index (Phi) is 2.78. The molecule has 0 bridgehead atoms. The highest BCUT2D eigenvalue weighted by Gasteiger charge is 2.39. The number of halogens is 2. The minimum atomic E-state index is -0.951. The van der Waals surface area contributed by atoms with Crippen LogP contribution in [0.1, 0.15) is 16.9 Å². The van der Waals surface area contributed by atoms with E-state index in [1.165, 1.54) is 10.7 Å². The molecule has 2 aromatic heterocycles. The number of carbonyl (C=O) groups excluding carboxylic acids is 1. The monoisotopic (exact) mass is 283 g/mol. The number of hydrogen-bond acceptors (Lipinski definition) is 4. The zero-order valence-electron chi connectivity index (χ0n) is 10.0. The smallest absolute Gasteiger partial charge is 0.271 e. The van der Waals surface area contributed by atoms with E-state index in [9.17, 15) is 9.18 Å². The minimum Gasteiger partial charge on any atom is -0.385 e. The topological polar surface area (TPSA) is 71.3 Å². The van der Waals surface area contributed by atoms with Gasteiger partial charge in [-0.15, -0.1) is 0 Å². The molecule has 1 saturated carbocycles. The average molecular weight is 284 g/mol. The van der Waals surface area contributed by atoms with Crippen LogP contribution >= 0.6 is 11.6 Å². The third kappa shape index (κ3) is 2.10. The first-order chi connectivity index (χ1) is 9.10. The van der Waals surface area contributed by atoms with Crippen molar-refractivity contribution in [2.24, 2.45) is 0 Å². The third-order valence-electron chi connectivity index (χ3n) is 2.97. The minimum absolute atomic E-state index is 0.230. The number of aromatic nitrogens is 3. The van der Waals surface area contributed by atoms with E-state index in [0.717, 1.165) is 0 Å². The van der Waals surface area contributed by atoms with E-state index >= 15 is 0 Å². The SMILES string of the molecule is CNc1cc(Cl)nn2c(C(=O)N[C@H]3C[C@H]3F)cnc12. The highest BCUT2D eigenvalue weighted by Crippen LogP contribution is 2.25. The van der Waals surface area contributed by atoms with Crippen molar-refractivity contribution in [3.63, 3.8) is 0 Å². The summed E-state index contributed by atoms with van der Waals surface area (Å²) in [5, 5.41) is 9.77. The highest BCUT2D eigenvalue weighted by molar-refractivity contribution is 6.29. The fourth-order valence-electron chi connectivity index (χ4n) is 1.83. The maximum atomic E-state index is 12.8. The van der Waals surface area contributed by atoms with Crippen LogP contribution in [-0.2, 0) is 0 Å². The van der Waals surface area contributed by atoms with E-state index in [1.807, 2.05) is 0 Å². The van der Waals surface area contributed by atoms with Gasteiger partial charge < -0.3 is 10.6 Å². The molecule has 0 saturated heterocycles. The van der Waals surface area contributed by atoms with E-state index in [2.05, 4.69) is 20.7 Å². The summed E-state index contributed by atoms with van der Waals surface area (Å²) in [4.78, 5) is 16.1. The van der Waals surface area contributed by atoms with Gasteiger partial charge in [-0.1, -0.05) is 11.6 Å². The van der Waals surface area contributed by atoms with E-state index in [1.54, 1.807) is 13.1 Å². The molecule has 0 aromatic carbocycles. The number of anilines is 1. The van der Waals surface area contributed by atoms with E-state index < -0.39 is 18.1 Å². The summed E-state index contributed by atoms with van der Waals surface area (Å²) < 4.78 is 14.1. The molecule has 2 N–H and O–H groups in total. The summed E-state index contributed by atoms with van der Waals surface area (Å²) in [7, 11) is 1.72. The molecule has 0 radical (unpaired) electrons. The molecule has 1 amide bonds. The molecule has 1 aliphatic rings. The molecule has 0 aliphatic heterocycles. The Bertz CT molecular complexity index is 658. The van der Waals surface area contributed by atoms with Crippen LogP contribution in [0.4, 0.5) is 10.1 Å². The summed E-state index contributed by atoms with van der Waals surface area (Å²) in [6, 6.07) is 1.21. The van der Waals surface area contributed by atoms with Crippen molar-refractivity contribution in [1.29, 1.82) is 0 Å². The number of nitrogens with one attached hydrogen (secondary N) is 2. The molecule has 1 fully saturated rings. The first-order valence-electron chi connectivity index (χ1n) is 5.77. The van der Waals surface area contributed by atoms with Gasteiger partial charge in [-0.05, 0) is 0 Å². The van der Waals surface area contributed by atoms with Gasteiger partial charge >= 0.3 is 0 Å². The number of hydrogen-bond donors (Lipinski definition) is 2. The molecule has 0 unspecified atom stereocenters. The van der Waals surface area contributed by atoms with Crippen LogP contribution in [0.15, 0.2) is 12.3 Å². The quantitative estimate of drug-likeness (QED) is 0.890. The van der Waals surface area contributed by atoms with Crippen molar-refractivity contribution in [2.75, 3.05) is 12.4 Å². The van der Waals surface area contributed by atoms with Crippen LogP contribution < -0.4 is 10.6 Å². The Hall–Kier alpha value is -1.89. The molecular weight excluding hydrogens is 273 g/mol. The van der Waals surface area contributed by atoms with Gasteiger partial charge in [-0.2, -0.15) is 5.10 Å². The van der Waals surface area contributed by atoms with Crippen LogP contribution in [0, 0.1) is 0 Å². The Labute approximate surface area is 113 Å². The van der Waals surface area contributed by atoms with Crippen molar-refractivity contribution in [3.8, 4) is 0 Å². The van der Waals surface area contributed by atoms with Gasteiger partial charge in [0.2, 0.25) is 0 Å². The zero-order valence-corrected chi connectivity index (χ0v) is 10.8. The zero-order chi connectivity index (χ0) is 13.6. The number of alkyl halides is 1. The average Bonchev–Trinajstić information content (AvgIpc) is 2.90. The molecule has 1 aliphatic carbocycles. The van der Waals surface area contributed by atoms with Crippen LogP contribution in [0.25, 0.3) is 5.65 Å². The number of amides is 1. The summed E-state index contributed by atoms with van der Waals surface area (Å²) in [5.41, 5.74) is 1.38. The molecule has 19 heavy (non-hydrogen) atoms. The van der Waals surface area contributed by atoms with Crippen molar-refractivity contribution in [2.45, 2.75) is 18.6 Å². The highest BCUT2D eigenvalue weighted by atomic mass is 35.5. The van der Waals surface area contributed by atoms with Crippen LogP contribution in [0.2, 0.25) is 5.15 Å². The number of fused-ring (bicyclic) bond motifs is 1. The molecule has 0 spiro atoms. The lowest BCUT2D eigenvalue weighted by Crippen LogP contribution is -2.28. The number of carbonyl (C=O) groups is 1. The van der Waals surface area contributed by atoms with Crippen LogP contribution in [0.3, 0.4) is 0 Å². The Morgan fingerprint density at radius 1 is 1.63 bits per heavy atom. The second-order valence-corrected chi connectivity index (χ2v) is 4.73. The molecule has 2 atom stereocenters. The summed E-state index contributed by atoms with van der Waals surface area (Å²) in [5.74, 6) is -0.408. The molecule has 100 valence electrons. The lowest BCUT2D eigenvalue weighted by molar-refractivity contribution is 0.0940. The Balaban J connectivity index is 1.99. The van der Waals surface area contributed by atoms with Gasteiger partial charge in [-0.3, -0.25) is 4.79 Å². The summed E-state index contributed by atoms with van der Waals surface area (Å²) in [6.45, 7) is 0. The van der Waals surface area contributed by atoms with Gasteiger partial charge in [0.1, 0.15) is 6.17 Å². The predicted molar refractivity (Wildman–Crippen MR) is 68.3 cm³/mol. The standard InChI is InChI=1S/C11H11ClFN5O/c1-14-7-3-9(12)17-18-8(4-15-10(7)18)11(19)16-6-2-5(6)13/h3-6,14H,2H2,1H3,(H,16,19)/t5-,6+/m1/s1. The van der Waals surface area contributed by atoms with Gasteiger partial charge in [-0.25, -0.2) is 13.9 Å². The molecule has 2 heterocycles. The van der Waals surface area contributed by atoms with Crippen molar-refractivity contribution < 1.29 is 9.18 Å². The lowest BCUT2D eigenvalue weighted by Gasteiger charge is -2.05. The number of nitrogens with zero attached hydrogens (tertiary/aromatic N) is 3. The normalized spacial score (nSPS) is 21.4. The second kappa shape index (κ2) is 4.34. The molecule has 8 heteroatoms. The van der Waals surface area contributed by atoms with Gasteiger partial charge in [0.05, 0.1) is 17.9 Å². The lowest BCUT2D eigenvalue weighted by atomic mass is 10.4. The maximum absolute atomic E-state index is 12.8. The van der Waals surface area contributed by atoms with Crippen LogP contribution in [0.5, 0.6) is 0 Å². The van der Waals surface area contributed by atoms with E-state index in [0.29, 0.717) is 17.8 Å². The van der Waals surface area contributed by atoms with E-state index in [4.69, 9.17) is 11.6 Å². The molecule has 6 nitrogen and oxygen atoms in total. The molecular formula is C11H11ClFN5O. The van der Waals surface area contributed by atoms with Gasteiger partial charge in [0, 0.05) is 19.5 Å². The summed E-state index contributed by atoms with van der Waals surface area (Å²) in [6.07, 6.45) is 0.802. The van der Waals surface area contributed by atoms with Gasteiger partial charge in [0.25, 0.3) is 5.91 Å². The summed E-state index contributed by atoms with van der Waals surface area (Å²) >= 11 is 5.89. The predicted octanol–water partition coefficient (Wildman–Crippen LogP) is 1.26. The van der Waals surface area contributed by atoms with Crippen molar-refractivity contribution >= 4 is 28.8 Å². The van der Waals surface area contributed by atoms with Crippen molar-refractivity contribution in [1.82, 2.24) is 19.9 Å². The third-order valence-corrected chi connectivity index (χ3v) is 3.15. The second-order valence-electron chi connectivity index (χ2n) is 4.34. The van der Waals surface area contributed by atoms with Gasteiger partial charge in [0.15, 0.2) is 16.5 Å². The number of imidazole rings is 1. The number of rotatable bonds is 3. The van der Waals surface area contributed by atoms with E-state index in [-0.39, 0.29) is 10.8 Å². The molecule has 3 rings (SSSR count). The first-order valence-corrected chi connectivity index (χ1v) is 6.15.